The van der Waals surface area contributed by atoms with Crippen molar-refractivity contribution in [2.45, 2.75) is 25.1 Å². The summed E-state index contributed by atoms with van der Waals surface area (Å²) in [5.41, 5.74) is 5.29. The highest BCUT2D eigenvalue weighted by Gasteiger charge is 2.48. The summed E-state index contributed by atoms with van der Waals surface area (Å²) in [7, 11) is 1.60. The molecule has 2 aromatic heterocycles. The van der Waals surface area contributed by atoms with Crippen molar-refractivity contribution < 1.29 is 8.78 Å². The zero-order valence-electron chi connectivity index (χ0n) is 18.1. The van der Waals surface area contributed by atoms with Crippen LogP contribution in [0.2, 0.25) is 0 Å². The molecule has 1 aliphatic rings. The fourth-order valence-corrected chi connectivity index (χ4v) is 4.32. The maximum absolute atomic E-state index is 15.6. The molecule has 7 nitrogen and oxygen atoms in total. The van der Waals surface area contributed by atoms with Gasteiger partial charge in [-0.1, -0.05) is 12.0 Å². The fraction of sp³-hybridized carbons (Fsp3) is 0.200. The molecule has 0 amide bonds. The number of hydrogen-bond donors (Lipinski definition) is 2. The molecule has 0 bridgehead atoms. The zero-order chi connectivity index (χ0) is 24.2. The van der Waals surface area contributed by atoms with E-state index in [2.05, 4.69) is 21.2 Å². The minimum Gasteiger partial charge on any atom is -0.325 e. The number of terminal acetylenes is 1. The molecule has 0 saturated heterocycles. The van der Waals surface area contributed by atoms with Crippen molar-refractivity contribution in [2.75, 3.05) is 0 Å². The van der Waals surface area contributed by atoms with E-state index < -0.39 is 11.5 Å². The largest absolute Gasteiger partial charge is 0.325 e. The van der Waals surface area contributed by atoms with Crippen LogP contribution in [0.5, 0.6) is 0 Å². The van der Waals surface area contributed by atoms with Crippen LogP contribution < -0.4 is 11.3 Å². The van der Waals surface area contributed by atoms with Crippen molar-refractivity contribution in [3.05, 3.63) is 69.0 Å². The Morgan fingerprint density at radius 2 is 2.09 bits per heavy atom. The van der Waals surface area contributed by atoms with Gasteiger partial charge in [0.15, 0.2) is 0 Å². The third-order valence-electron chi connectivity index (χ3n) is 6.25. The van der Waals surface area contributed by atoms with E-state index in [1.54, 1.807) is 25.2 Å². The van der Waals surface area contributed by atoms with Crippen LogP contribution in [0.4, 0.5) is 8.78 Å². The minimum atomic E-state index is -1.70. The second-order valence-electron chi connectivity index (χ2n) is 8.25. The maximum Gasteiger partial charge on any atom is 0.272 e. The van der Waals surface area contributed by atoms with Crippen LogP contribution in [-0.4, -0.2) is 20.0 Å². The Kier molecular flexibility index (Phi) is 4.82. The van der Waals surface area contributed by atoms with Gasteiger partial charge in [0, 0.05) is 30.1 Å². The molecule has 9 heteroatoms. The van der Waals surface area contributed by atoms with Crippen LogP contribution in [-0.2, 0) is 19.3 Å². The molecule has 34 heavy (non-hydrogen) atoms. The van der Waals surface area contributed by atoms with Crippen LogP contribution in [0.1, 0.15) is 35.2 Å². The third kappa shape index (κ3) is 3.10. The summed E-state index contributed by atoms with van der Waals surface area (Å²) in [6.45, 7) is 0.0933. The first kappa shape index (κ1) is 21.5. The average Bonchev–Trinajstić information content (AvgIpc) is 3.48. The van der Waals surface area contributed by atoms with E-state index >= 15 is 8.78 Å². The number of H-pyrrole nitrogens is 1. The zero-order valence-corrected chi connectivity index (χ0v) is 18.1. The lowest BCUT2D eigenvalue weighted by Gasteiger charge is -2.17. The molecule has 2 heterocycles. The van der Waals surface area contributed by atoms with Crippen LogP contribution in [0, 0.1) is 29.5 Å². The normalized spacial score (nSPS) is 14.1. The molecule has 0 aliphatic heterocycles. The molecule has 3 N–H and O–H groups in total. The molecule has 0 atom stereocenters. The summed E-state index contributed by atoms with van der Waals surface area (Å²) in [4.78, 5) is 12.2. The van der Waals surface area contributed by atoms with Crippen molar-refractivity contribution in [3.8, 4) is 40.8 Å². The number of halogens is 2. The summed E-state index contributed by atoms with van der Waals surface area (Å²) in [5, 5.41) is 21.6. The van der Waals surface area contributed by atoms with Gasteiger partial charge in [0.1, 0.15) is 17.6 Å². The number of rotatable bonds is 4. The lowest BCUT2D eigenvalue weighted by atomic mass is 9.89. The Morgan fingerprint density at radius 1 is 1.32 bits per heavy atom. The number of aryl methyl sites for hydroxylation is 1. The highest BCUT2D eigenvalue weighted by molar-refractivity contribution is 5.92. The first-order valence-electron chi connectivity index (χ1n) is 10.5. The molecule has 4 aromatic rings. The van der Waals surface area contributed by atoms with Crippen LogP contribution >= 0.6 is 0 Å². The Bertz CT molecular complexity index is 1630. The summed E-state index contributed by atoms with van der Waals surface area (Å²) in [6.07, 6.45) is 7.52. The number of nitrogens with one attached hydrogen (secondary N) is 1. The van der Waals surface area contributed by atoms with E-state index in [1.165, 1.54) is 16.9 Å². The lowest BCUT2D eigenvalue weighted by molar-refractivity contribution is 0.316. The molecule has 0 radical (unpaired) electrons. The van der Waals surface area contributed by atoms with Crippen LogP contribution in [0.15, 0.2) is 35.3 Å². The Hall–Kier alpha value is -4.34. The number of aromatic amines is 1. The van der Waals surface area contributed by atoms with E-state index in [0.717, 1.165) is 0 Å². The summed E-state index contributed by atoms with van der Waals surface area (Å²) in [5.74, 6) is 1.48. The van der Waals surface area contributed by atoms with E-state index in [1.807, 2.05) is 6.07 Å². The number of fused-ring (bicyclic) bond motifs is 1. The summed E-state index contributed by atoms with van der Waals surface area (Å²) < 4.78 is 32.2. The van der Waals surface area contributed by atoms with Crippen LogP contribution in [0.3, 0.4) is 0 Å². The highest BCUT2D eigenvalue weighted by Crippen LogP contribution is 2.53. The monoisotopic (exact) mass is 456 g/mol. The first-order valence-corrected chi connectivity index (χ1v) is 10.5. The second kappa shape index (κ2) is 7.62. The Labute approximate surface area is 192 Å². The number of alkyl halides is 1. The van der Waals surface area contributed by atoms with Crippen molar-refractivity contribution in [3.63, 3.8) is 0 Å². The molecule has 0 unspecified atom stereocenters. The Balaban J connectivity index is 1.83. The average molecular weight is 456 g/mol. The van der Waals surface area contributed by atoms with E-state index in [-0.39, 0.29) is 52.9 Å². The third-order valence-corrected chi connectivity index (χ3v) is 6.25. The van der Waals surface area contributed by atoms with Gasteiger partial charge in [0.2, 0.25) is 0 Å². The van der Waals surface area contributed by atoms with Crippen molar-refractivity contribution >= 4 is 10.8 Å². The smallest absolute Gasteiger partial charge is 0.272 e. The van der Waals surface area contributed by atoms with Gasteiger partial charge in [-0.3, -0.25) is 9.48 Å². The number of hydrogen-bond acceptors (Lipinski definition) is 5. The molecule has 1 fully saturated rings. The lowest BCUT2D eigenvalue weighted by Crippen LogP contribution is -2.13. The molecular formula is C25H18F2N6O. The SMILES string of the molecule is C#Cc1cc(C2(F)CC2)c(C#N)c(-c2c(-c3ccc4c(=O)[nH]nc(CN)c4c3)cnn2C)c1F. The first-order chi connectivity index (χ1) is 16.3. The number of nitrogens with two attached hydrogens (primary N) is 1. The second-order valence-corrected chi connectivity index (χ2v) is 8.25. The topological polar surface area (TPSA) is 113 Å². The van der Waals surface area contributed by atoms with E-state index in [0.29, 0.717) is 27.6 Å². The van der Waals surface area contributed by atoms with Gasteiger partial charge in [0.25, 0.3) is 5.56 Å². The molecule has 2 aromatic carbocycles. The molecule has 5 rings (SSSR count). The van der Waals surface area contributed by atoms with Crippen molar-refractivity contribution in [1.29, 1.82) is 5.26 Å². The molecule has 168 valence electrons. The Morgan fingerprint density at radius 3 is 2.74 bits per heavy atom. The van der Waals surface area contributed by atoms with Gasteiger partial charge >= 0.3 is 0 Å². The standard InChI is InChI=1S/C25H18F2N6O/c1-3-13-9-19(25(27)6-7-25)17(10-28)21(22(13)26)23-18(12-30-33(23)2)14-4-5-15-16(8-14)20(11-29)31-32-24(15)34/h1,4-5,8-9,12H,6-7,11,29H2,2H3,(H,32,34). The van der Waals surface area contributed by atoms with Gasteiger partial charge in [-0.05, 0) is 36.6 Å². The number of aromatic nitrogens is 4. The number of nitrogens with zero attached hydrogens (tertiary/aromatic N) is 4. The summed E-state index contributed by atoms with van der Waals surface area (Å²) >= 11 is 0. The molecule has 1 saturated carbocycles. The molecule has 0 spiro atoms. The van der Waals surface area contributed by atoms with E-state index in [9.17, 15) is 10.1 Å². The fourth-order valence-electron chi connectivity index (χ4n) is 4.32. The van der Waals surface area contributed by atoms with Crippen molar-refractivity contribution in [2.24, 2.45) is 12.8 Å². The van der Waals surface area contributed by atoms with Gasteiger partial charge in [-0.2, -0.15) is 15.5 Å². The molecular weight excluding hydrogens is 438 g/mol. The predicted octanol–water partition coefficient (Wildman–Crippen LogP) is 3.40. The van der Waals surface area contributed by atoms with Gasteiger partial charge in [0.05, 0.1) is 39.7 Å². The van der Waals surface area contributed by atoms with E-state index in [4.69, 9.17) is 12.2 Å². The van der Waals surface area contributed by atoms with Gasteiger partial charge < -0.3 is 5.73 Å². The maximum atomic E-state index is 15.6. The number of benzene rings is 2. The minimum absolute atomic E-state index is 0.0890. The van der Waals surface area contributed by atoms with Crippen molar-refractivity contribution in [1.82, 2.24) is 20.0 Å². The highest BCUT2D eigenvalue weighted by atomic mass is 19.1. The predicted molar refractivity (Wildman–Crippen MR) is 123 cm³/mol. The molecule has 1 aliphatic carbocycles. The quantitative estimate of drug-likeness (QED) is 0.457. The summed E-state index contributed by atoms with van der Waals surface area (Å²) in [6, 6.07) is 8.26. The van der Waals surface area contributed by atoms with Gasteiger partial charge in [-0.25, -0.2) is 13.9 Å². The van der Waals surface area contributed by atoms with Gasteiger partial charge in [-0.15, -0.1) is 6.42 Å². The van der Waals surface area contributed by atoms with Crippen LogP contribution in [0.25, 0.3) is 33.2 Å². The number of nitriles is 1.